The van der Waals surface area contributed by atoms with E-state index >= 15 is 0 Å². The van der Waals surface area contributed by atoms with Crippen molar-refractivity contribution in [3.63, 3.8) is 0 Å². The molecular formula is C26H37N3O3. The summed E-state index contributed by atoms with van der Waals surface area (Å²) in [5.74, 6) is 1.75. The van der Waals surface area contributed by atoms with Gasteiger partial charge in [-0.3, -0.25) is 4.79 Å². The number of rotatable bonds is 2. The van der Waals surface area contributed by atoms with Crippen LogP contribution in [-0.4, -0.2) is 30.7 Å². The molecule has 0 bridgehead atoms. The summed E-state index contributed by atoms with van der Waals surface area (Å²) >= 11 is 0. The van der Waals surface area contributed by atoms with E-state index in [9.17, 15) is 4.79 Å². The molecule has 174 valence electrons. The number of benzene rings is 1. The van der Waals surface area contributed by atoms with Gasteiger partial charge >= 0.3 is 0 Å². The van der Waals surface area contributed by atoms with Crippen LogP contribution in [0.3, 0.4) is 0 Å². The van der Waals surface area contributed by atoms with Crippen molar-refractivity contribution >= 4 is 11.9 Å². The van der Waals surface area contributed by atoms with Crippen LogP contribution in [0.5, 0.6) is 5.75 Å². The quantitative estimate of drug-likeness (QED) is 0.717. The molecule has 3 N–H and O–H groups in total. The van der Waals surface area contributed by atoms with Gasteiger partial charge in [-0.25, -0.2) is 4.99 Å². The molecular weight excluding hydrogens is 402 g/mol. The van der Waals surface area contributed by atoms with Crippen LogP contribution >= 0.6 is 0 Å². The first kappa shape index (κ1) is 21.6. The number of carbonyl (C=O) groups excluding carboxylic acids is 1. The van der Waals surface area contributed by atoms with Gasteiger partial charge in [0.2, 0.25) is 5.91 Å². The summed E-state index contributed by atoms with van der Waals surface area (Å²) in [6.45, 7) is 6.32. The summed E-state index contributed by atoms with van der Waals surface area (Å²) in [5, 5.41) is 3.28. The highest BCUT2D eigenvalue weighted by Gasteiger charge is 2.55. The van der Waals surface area contributed by atoms with Gasteiger partial charge in [0.15, 0.2) is 0 Å². The average Bonchev–Trinajstić information content (AvgIpc) is 3.16. The Kier molecular flexibility index (Phi) is 5.37. The largest absolute Gasteiger partial charge is 0.490 e. The summed E-state index contributed by atoms with van der Waals surface area (Å²) < 4.78 is 12.3. The lowest BCUT2D eigenvalue weighted by Crippen LogP contribution is -2.55. The van der Waals surface area contributed by atoms with Gasteiger partial charge in [0.05, 0.1) is 0 Å². The van der Waals surface area contributed by atoms with Gasteiger partial charge < -0.3 is 20.5 Å². The third kappa shape index (κ3) is 3.75. The fourth-order valence-corrected chi connectivity index (χ4v) is 6.13. The van der Waals surface area contributed by atoms with Gasteiger partial charge in [-0.2, -0.15) is 0 Å². The molecule has 1 aromatic rings. The Morgan fingerprint density at radius 1 is 1.16 bits per heavy atom. The van der Waals surface area contributed by atoms with Crippen LogP contribution in [0.25, 0.3) is 0 Å². The maximum absolute atomic E-state index is 12.7. The average molecular weight is 440 g/mol. The number of carbonyl (C=O) groups is 1. The Morgan fingerprint density at radius 2 is 1.94 bits per heavy atom. The molecule has 5 rings (SSSR count). The second kappa shape index (κ2) is 7.96. The van der Waals surface area contributed by atoms with Crippen LogP contribution in [-0.2, 0) is 15.1 Å². The third-order valence-corrected chi connectivity index (χ3v) is 7.99. The number of amides is 1. The number of aliphatic imine (C=N–C) groups is 1. The zero-order chi connectivity index (χ0) is 22.5. The number of hydrogen-bond donors (Lipinski definition) is 2. The predicted octanol–water partition coefficient (Wildman–Crippen LogP) is 4.37. The second-order valence-electron chi connectivity index (χ2n) is 11.2. The molecule has 0 saturated heterocycles. The summed E-state index contributed by atoms with van der Waals surface area (Å²) in [4.78, 5) is 17.6. The molecule has 32 heavy (non-hydrogen) atoms. The summed E-state index contributed by atoms with van der Waals surface area (Å²) in [7, 11) is 0. The number of nitrogens with two attached hydrogens (primary N) is 1. The van der Waals surface area contributed by atoms with Crippen LogP contribution in [0, 0.1) is 11.3 Å². The Hall–Kier alpha value is -2.24. The molecule has 6 heteroatoms. The van der Waals surface area contributed by atoms with Crippen molar-refractivity contribution in [2.75, 3.05) is 6.61 Å². The SMILES string of the molecule is CC(C)(C)C(=O)N[C@H]1CC[C@@H]2Oc3ccc(C4CCCCC4)cc3C3(COC(N)=N3)[C@H]2C1. The molecule has 4 aliphatic rings. The van der Waals surface area contributed by atoms with Crippen molar-refractivity contribution < 1.29 is 14.3 Å². The first-order valence-electron chi connectivity index (χ1n) is 12.4. The summed E-state index contributed by atoms with van der Waals surface area (Å²) in [6.07, 6.45) is 9.13. The molecule has 2 aliphatic heterocycles. The van der Waals surface area contributed by atoms with Gasteiger partial charge in [0.25, 0.3) is 6.02 Å². The van der Waals surface area contributed by atoms with Crippen LogP contribution < -0.4 is 15.8 Å². The van der Waals surface area contributed by atoms with E-state index in [1.807, 2.05) is 20.8 Å². The van der Waals surface area contributed by atoms with E-state index in [-0.39, 0.29) is 30.0 Å². The fraction of sp³-hybridized carbons (Fsp3) is 0.692. The van der Waals surface area contributed by atoms with E-state index < -0.39 is 11.0 Å². The molecule has 2 saturated carbocycles. The number of fused-ring (bicyclic) bond motifs is 4. The Labute approximate surface area is 191 Å². The molecule has 2 fully saturated rings. The zero-order valence-corrected chi connectivity index (χ0v) is 19.7. The lowest BCUT2D eigenvalue weighted by atomic mass is 9.66. The molecule has 1 unspecified atom stereocenters. The van der Waals surface area contributed by atoms with E-state index in [4.69, 9.17) is 20.2 Å². The maximum atomic E-state index is 12.7. The predicted molar refractivity (Wildman–Crippen MR) is 125 cm³/mol. The van der Waals surface area contributed by atoms with Crippen molar-refractivity contribution in [2.45, 2.75) is 95.7 Å². The molecule has 2 aliphatic carbocycles. The third-order valence-electron chi connectivity index (χ3n) is 7.99. The first-order chi connectivity index (χ1) is 15.3. The number of nitrogens with zero attached hydrogens (tertiary/aromatic N) is 1. The van der Waals surface area contributed by atoms with Gasteiger partial charge in [0.1, 0.15) is 24.0 Å². The number of amidine groups is 1. The van der Waals surface area contributed by atoms with Crippen LogP contribution in [0.2, 0.25) is 0 Å². The van der Waals surface area contributed by atoms with Gasteiger partial charge in [-0.15, -0.1) is 0 Å². The topological polar surface area (TPSA) is 85.9 Å². The molecule has 0 radical (unpaired) electrons. The van der Waals surface area contributed by atoms with Gasteiger partial charge in [-0.05, 0) is 55.7 Å². The van der Waals surface area contributed by atoms with Crippen molar-refractivity contribution in [3.8, 4) is 5.75 Å². The minimum Gasteiger partial charge on any atom is -0.490 e. The summed E-state index contributed by atoms with van der Waals surface area (Å²) in [5.41, 5.74) is 7.66. The minimum atomic E-state index is -0.530. The van der Waals surface area contributed by atoms with E-state index in [1.54, 1.807) is 0 Å². The van der Waals surface area contributed by atoms with E-state index in [0.717, 1.165) is 30.6 Å². The molecule has 2 heterocycles. The van der Waals surface area contributed by atoms with Crippen molar-refractivity contribution in [1.82, 2.24) is 5.32 Å². The highest BCUT2D eigenvalue weighted by atomic mass is 16.5. The van der Waals surface area contributed by atoms with E-state index in [1.165, 1.54) is 37.7 Å². The number of nitrogens with one attached hydrogen (secondary N) is 1. The van der Waals surface area contributed by atoms with Crippen LogP contribution in [0.15, 0.2) is 23.2 Å². The lowest BCUT2D eigenvalue weighted by molar-refractivity contribution is -0.130. The Bertz CT molecular complexity index is 915. The van der Waals surface area contributed by atoms with E-state index in [2.05, 4.69) is 23.5 Å². The number of hydrogen-bond acceptors (Lipinski definition) is 5. The molecule has 1 amide bonds. The number of ether oxygens (including phenoxy) is 2. The van der Waals surface area contributed by atoms with Crippen LogP contribution in [0.4, 0.5) is 0 Å². The standard InChI is InChI=1S/C26H37N3O3/c1-25(2,3)23(30)28-18-10-12-22-20(14-18)26(15-31-24(27)29-26)19-13-17(9-11-21(19)32-22)16-7-5-4-6-8-16/h9,11,13,16,18,20,22H,4-8,10,12,14-15H2,1-3H3,(H2,27,29)(H,28,30)/t18-,20-,22-,26?/m0/s1. The zero-order valence-electron chi connectivity index (χ0n) is 19.7. The first-order valence-corrected chi connectivity index (χ1v) is 12.4. The van der Waals surface area contributed by atoms with Crippen molar-refractivity contribution in [2.24, 2.45) is 22.1 Å². The molecule has 4 atom stereocenters. The van der Waals surface area contributed by atoms with E-state index in [0.29, 0.717) is 12.5 Å². The van der Waals surface area contributed by atoms with Gasteiger partial charge in [0, 0.05) is 22.9 Å². The highest BCUT2D eigenvalue weighted by molar-refractivity contribution is 5.81. The Balaban J connectivity index is 1.48. The minimum absolute atomic E-state index is 0.0593. The normalized spacial score (nSPS) is 32.3. The smallest absolute Gasteiger partial charge is 0.283 e. The molecule has 0 aromatic heterocycles. The summed E-state index contributed by atoms with van der Waals surface area (Å²) in [6, 6.07) is 7.10. The molecule has 6 nitrogen and oxygen atoms in total. The van der Waals surface area contributed by atoms with Crippen molar-refractivity contribution in [3.05, 3.63) is 29.3 Å². The fourth-order valence-electron chi connectivity index (χ4n) is 6.13. The monoisotopic (exact) mass is 439 g/mol. The van der Waals surface area contributed by atoms with Crippen molar-refractivity contribution in [1.29, 1.82) is 0 Å². The molecule has 1 spiro atoms. The second-order valence-corrected chi connectivity index (χ2v) is 11.2. The van der Waals surface area contributed by atoms with Gasteiger partial charge in [-0.1, -0.05) is 46.1 Å². The lowest BCUT2D eigenvalue weighted by Gasteiger charge is -2.48. The van der Waals surface area contributed by atoms with Crippen LogP contribution in [0.1, 0.15) is 89.2 Å². The molecule has 1 aromatic carbocycles. The maximum Gasteiger partial charge on any atom is 0.283 e. The highest BCUT2D eigenvalue weighted by Crippen LogP contribution is 2.53. The Morgan fingerprint density at radius 3 is 2.62 bits per heavy atom.